The van der Waals surface area contributed by atoms with Crippen LogP contribution in [0.15, 0.2) is 18.2 Å². The molecule has 0 fully saturated rings. The number of benzene rings is 1. The number of non-ortho nitro benzene ring substituents is 1. The van der Waals surface area contributed by atoms with Gasteiger partial charge >= 0.3 is 0 Å². The zero-order valence-corrected chi connectivity index (χ0v) is 14.9. The Kier molecular flexibility index (Phi) is 4.76. The van der Waals surface area contributed by atoms with Crippen LogP contribution >= 0.6 is 0 Å². The van der Waals surface area contributed by atoms with Crippen LogP contribution in [0.25, 0.3) is 0 Å². The van der Waals surface area contributed by atoms with Crippen molar-refractivity contribution in [3.63, 3.8) is 0 Å². The molecule has 5 nitrogen and oxygen atoms in total. The van der Waals surface area contributed by atoms with E-state index in [1.165, 1.54) is 13.0 Å². The molecule has 0 spiro atoms. The standard InChI is InChI=1S/C17H23NO4S/c1-12(19)10-17(11-23(22)16(2,3)4)8-7-13-5-6-14(18(20)21)9-15(13)17/h5-6,9H,7-8,10-11H2,1-4H3/t17-,23+/m1/s1. The lowest BCUT2D eigenvalue weighted by atomic mass is 9.79. The summed E-state index contributed by atoms with van der Waals surface area (Å²) < 4.78 is 12.3. The fourth-order valence-corrected chi connectivity index (χ4v) is 4.56. The number of hydrogen-bond acceptors (Lipinski definition) is 4. The number of Topliss-reactive ketones (excluding diaryl/α,β-unsaturated/α-hetero) is 1. The Morgan fingerprint density at radius 2 is 2.04 bits per heavy atom. The number of nitro benzene ring substituents is 1. The third kappa shape index (κ3) is 3.68. The Morgan fingerprint density at radius 3 is 2.57 bits per heavy atom. The zero-order chi connectivity index (χ0) is 17.4. The van der Waals surface area contributed by atoms with Gasteiger partial charge in [-0.1, -0.05) is 6.07 Å². The largest absolute Gasteiger partial charge is 0.300 e. The molecule has 0 unspecified atom stereocenters. The van der Waals surface area contributed by atoms with E-state index in [1.54, 1.807) is 12.1 Å². The van der Waals surface area contributed by atoms with Crippen molar-refractivity contribution in [2.45, 2.75) is 57.1 Å². The van der Waals surface area contributed by atoms with Gasteiger partial charge < -0.3 is 0 Å². The van der Waals surface area contributed by atoms with Crippen molar-refractivity contribution < 1.29 is 13.9 Å². The quantitative estimate of drug-likeness (QED) is 0.610. The molecule has 0 amide bonds. The monoisotopic (exact) mass is 337 g/mol. The van der Waals surface area contributed by atoms with Crippen molar-refractivity contribution in [1.29, 1.82) is 0 Å². The lowest BCUT2D eigenvalue weighted by Gasteiger charge is -2.32. The second-order valence-electron chi connectivity index (χ2n) is 7.36. The summed E-state index contributed by atoms with van der Waals surface area (Å²) in [6.45, 7) is 7.26. The van der Waals surface area contributed by atoms with Crippen LogP contribution in [0.3, 0.4) is 0 Å². The van der Waals surface area contributed by atoms with Crippen LogP contribution in [0, 0.1) is 10.1 Å². The first-order valence-electron chi connectivity index (χ1n) is 7.71. The van der Waals surface area contributed by atoms with Crippen molar-refractivity contribution in [2.24, 2.45) is 0 Å². The topological polar surface area (TPSA) is 77.3 Å². The van der Waals surface area contributed by atoms with E-state index in [2.05, 4.69) is 0 Å². The van der Waals surface area contributed by atoms with Crippen molar-refractivity contribution in [3.8, 4) is 0 Å². The second kappa shape index (κ2) is 6.15. The van der Waals surface area contributed by atoms with Crippen LogP contribution in [0.1, 0.15) is 51.7 Å². The molecule has 0 bridgehead atoms. The molecular formula is C17H23NO4S. The first kappa shape index (κ1) is 17.8. The van der Waals surface area contributed by atoms with Crippen LogP contribution in [-0.2, 0) is 27.4 Å². The fraction of sp³-hybridized carbons (Fsp3) is 0.588. The van der Waals surface area contributed by atoms with E-state index in [4.69, 9.17) is 0 Å². The van der Waals surface area contributed by atoms with E-state index < -0.39 is 21.1 Å². The van der Waals surface area contributed by atoms with Crippen molar-refractivity contribution in [1.82, 2.24) is 0 Å². The first-order chi connectivity index (χ1) is 10.5. The van der Waals surface area contributed by atoms with Crippen LogP contribution < -0.4 is 0 Å². The Morgan fingerprint density at radius 1 is 1.39 bits per heavy atom. The molecule has 0 aliphatic heterocycles. The third-order valence-electron chi connectivity index (χ3n) is 4.43. The molecule has 0 N–H and O–H groups in total. The first-order valence-corrected chi connectivity index (χ1v) is 9.03. The highest BCUT2D eigenvalue weighted by molar-refractivity contribution is 7.86. The van der Waals surface area contributed by atoms with Gasteiger partial charge in [0.1, 0.15) is 5.78 Å². The van der Waals surface area contributed by atoms with Gasteiger partial charge in [0.05, 0.1) is 4.92 Å². The Balaban J connectivity index is 2.50. The predicted octanol–water partition coefficient (Wildman–Crippen LogP) is 3.31. The van der Waals surface area contributed by atoms with E-state index in [0.29, 0.717) is 12.2 Å². The summed E-state index contributed by atoms with van der Waals surface area (Å²) >= 11 is 0. The molecule has 6 heteroatoms. The summed E-state index contributed by atoms with van der Waals surface area (Å²) in [7, 11) is -1.13. The Hall–Kier alpha value is -1.56. The average Bonchev–Trinajstić information content (AvgIpc) is 2.75. The van der Waals surface area contributed by atoms with E-state index in [1.807, 2.05) is 20.8 Å². The number of ketones is 1. The summed E-state index contributed by atoms with van der Waals surface area (Å²) in [5, 5.41) is 11.1. The van der Waals surface area contributed by atoms with Crippen molar-refractivity contribution in [3.05, 3.63) is 39.4 Å². The number of hydrogen-bond donors (Lipinski definition) is 0. The number of nitro groups is 1. The normalized spacial score (nSPS) is 21.7. The summed E-state index contributed by atoms with van der Waals surface area (Å²) in [4.78, 5) is 22.5. The van der Waals surface area contributed by atoms with E-state index in [0.717, 1.165) is 17.5 Å². The minimum atomic E-state index is -1.13. The number of rotatable bonds is 5. The predicted molar refractivity (Wildman–Crippen MR) is 91.2 cm³/mol. The molecule has 1 aromatic carbocycles. The van der Waals surface area contributed by atoms with E-state index >= 15 is 0 Å². The van der Waals surface area contributed by atoms with Gasteiger partial charge in [-0.15, -0.1) is 0 Å². The minimum absolute atomic E-state index is 0.0234. The van der Waals surface area contributed by atoms with Gasteiger partial charge in [-0.05, 0) is 51.7 Å². The molecule has 0 aromatic heterocycles. The molecule has 2 rings (SSSR count). The number of aryl methyl sites for hydroxylation is 1. The van der Waals surface area contributed by atoms with Crippen LogP contribution in [0.2, 0.25) is 0 Å². The van der Waals surface area contributed by atoms with Gasteiger partial charge in [0.15, 0.2) is 0 Å². The number of carbonyl (C=O) groups excluding carboxylic acids is 1. The highest BCUT2D eigenvalue weighted by Crippen LogP contribution is 2.44. The number of fused-ring (bicyclic) bond motifs is 1. The summed E-state index contributed by atoms with van der Waals surface area (Å²) in [5.74, 6) is 0.389. The lowest BCUT2D eigenvalue weighted by Crippen LogP contribution is -2.38. The summed E-state index contributed by atoms with van der Waals surface area (Å²) in [6, 6.07) is 4.85. The van der Waals surface area contributed by atoms with Gasteiger partial charge in [0.2, 0.25) is 0 Å². The molecule has 1 aromatic rings. The maximum absolute atomic E-state index is 12.7. The van der Waals surface area contributed by atoms with Gasteiger partial charge in [0.25, 0.3) is 5.69 Å². The number of nitrogens with zero attached hydrogens (tertiary/aromatic N) is 1. The Bertz CT molecular complexity index is 678. The molecule has 23 heavy (non-hydrogen) atoms. The van der Waals surface area contributed by atoms with Gasteiger partial charge in [-0.2, -0.15) is 0 Å². The third-order valence-corrected chi connectivity index (χ3v) is 6.61. The molecule has 0 heterocycles. The molecule has 2 atom stereocenters. The van der Waals surface area contributed by atoms with E-state index in [9.17, 15) is 19.1 Å². The highest BCUT2D eigenvalue weighted by Gasteiger charge is 2.43. The summed E-state index contributed by atoms with van der Waals surface area (Å²) in [6.07, 6.45) is 1.76. The smallest absolute Gasteiger partial charge is 0.269 e. The molecule has 0 saturated heterocycles. The van der Waals surface area contributed by atoms with E-state index in [-0.39, 0.29) is 22.6 Å². The molecule has 126 valence electrons. The number of carbonyl (C=O) groups is 1. The lowest BCUT2D eigenvalue weighted by molar-refractivity contribution is -0.385. The zero-order valence-electron chi connectivity index (χ0n) is 14.0. The molecule has 1 aliphatic carbocycles. The van der Waals surface area contributed by atoms with Gasteiger partial charge in [-0.3, -0.25) is 19.1 Å². The maximum atomic E-state index is 12.7. The van der Waals surface area contributed by atoms with Gasteiger partial charge in [0, 0.05) is 45.3 Å². The second-order valence-corrected chi connectivity index (χ2v) is 9.56. The fourth-order valence-electron chi connectivity index (χ4n) is 3.23. The highest BCUT2D eigenvalue weighted by atomic mass is 32.2. The van der Waals surface area contributed by atoms with Crippen LogP contribution in [0.4, 0.5) is 5.69 Å². The average molecular weight is 337 g/mol. The Labute approximate surface area is 139 Å². The van der Waals surface area contributed by atoms with Crippen molar-refractivity contribution in [2.75, 3.05) is 5.75 Å². The van der Waals surface area contributed by atoms with Crippen molar-refractivity contribution >= 4 is 22.3 Å². The van der Waals surface area contributed by atoms with Gasteiger partial charge in [-0.25, -0.2) is 0 Å². The van der Waals surface area contributed by atoms with Crippen LogP contribution in [-0.4, -0.2) is 25.4 Å². The molecule has 0 radical (unpaired) electrons. The minimum Gasteiger partial charge on any atom is -0.300 e. The molecule has 1 aliphatic rings. The van der Waals surface area contributed by atoms with Crippen LogP contribution in [0.5, 0.6) is 0 Å². The molecular weight excluding hydrogens is 314 g/mol. The molecule has 0 saturated carbocycles. The SMILES string of the molecule is CC(=O)C[C@@]1(C[S@](=O)C(C)(C)C)CCc2ccc([N+](=O)[O-])cc21. The summed E-state index contributed by atoms with van der Waals surface area (Å²) in [5.41, 5.74) is 1.34. The maximum Gasteiger partial charge on any atom is 0.269 e.